The van der Waals surface area contributed by atoms with Crippen LogP contribution in [0.2, 0.25) is 0 Å². The highest BCUT2D eigenvalue weighted by molar-refractivity contribution is 5.76. The summed E-state index contributed by atoms with van der Waals surface area (Å²) < 4.78 is 34.4. The Kier molecular flexibility index (Phi) is 60.4. The molecule has 3 aliphatic rings. The fraction of sp³-hybridized carbons (Fsp3) is 0.894. The normalized spacial score (nSPS) is 26.1. The number of carbonyl (C=O) groups excluding carboxylic acids is 1. The van der Waals surface area contributed by atoms with E-state index in [1.54, 1.807) is 6.08 Å². The molecule has 0 aromatic carbocycles. The standard InChI is InChI=1S/C85H157NO18/c1-3-5-7-9-11-13-15-17-19-21-23-25-26-27-28-29-30-31-32-33-34-35-36-37-38-39-40-41-42-43-45-47-49-51-53-55-57-59-61-63-73(91)86-68(69(90)62-60-58-56-54-52-50-48-46-44-24-22-20-18-16-14-12-10-8-6-4-2)67-99-83-79(97)76(94)81(71(65-88)101-83)104-85-80(98)77(95)82(72(66-89)102-85)103-84-78(96)75(93)74(92)70(64-87)100-84/h15,17,21,23,52,54,60,62,68-72,74-85,87-90,92-98H,3-14,16,18-20,22,24-51,53,55-59,61,63-67H2,1-2H3,(H,86,91)/b17-15-,23-21-,54-52+,62-60+. The number of rotatable bonds is 69. The minimum atomic E-state index is -1.98. The van der Waals surface area contributed by atoms with Gasteiger partial charge in [0.05, 0.1) is 38.6 Å². The van der Waals surface area contributed by atoms with Crippen molar-refractivity contribution in [2.45, 2.75) is 458 Å². The fourth-order valence-electron chi connectivity index (χ4n) is 14.5. The molecule has 3 fully saturated rings. The lowest BCUT2D eigenvalue weighted by atomic mass is 9.96. The zero-order valence-corrected chi connectivity index (χ0v) is 65.5. The molecule has 0 aliphatic carbocycles. The molecule has 0 spiro atoms. The van der Waals surface area contributed by atoms with Gasteiger partial charge in [0.2, 0.25) is 5.91 Å². The van der Waals surface area contributed by atoms with E-state index in [1.807, 2.05) is 6.08 Å². The molecule has 104 heavy (non-hydrogen) atoms. The highest BCUT2D eigenvalue weighted by atomic mass is 16.8. The van der Waals surface area contributed by atoms with E-state index in [9.17, 15) is 61.0 Å². The molecule has 3 aliphatic heterocycles. The third-order valence-electron chi connectivity index (χ3n) is 21.3. The van der Waals surface area contributed by atoms with Crippen LogP contribution in [0.3, 0.4) is 0 Å². The summed E-state index contributed by atoms with van der Waals surface area (Å²) in [4.78, 5) is 13.5. The Morgan fingerprint density at radius 2 is 0.644 bits per heavy atom. The number of carbonyl (C=O) groups is 1. The van der Waals surface area contributed by atoms with Crippen molar-refractivity contribution >= 4 is 5.91 Å². The molecule has 1 amide bonds. The second-order valence-corrected chi connectivity index (χ2v) is 30.6. The third kappa shape index (κ3) is 44.6. The first kappa shape index (κ1) is 96.0. The maximum atomic E-state index is 13.5. The van der Waals surface area contributed by atoms with Crippen LogP contribution >= 0.6 is 0 Å². The summed E-state index contributed by atoms with van der Waals surface area (Å²) in [7, 11) is 0. The van der Waals surface area contributed by atoms with E-state index >= 15 is 0 Å². The molecule has 3 rings (SSSR count). The van der Waals surface area contributed by atoms with Crippen LogP contribution in [0.15, 0.2) is 48.6 Å². The Balaban J connectivity index is 1.31. The van der Waals surface area contributed by atoms with Crippen LogP contribution in [0, 0.1) is 0 Å². The van der Waals surface area contributed by atoms with Gasteiger partial charge in [-0.2, -0.15) is 0 Å². The van der Waals surface area contributed by atoms with Gasteiger partial charge in [-0.25, -0.2) is 0 Å². The molecule has 0 aromatic rings. The molecule has 3 saturated heterocycles. The maximum Gasteiger partial charge on any atom is 0.220 e. The highest BCUT2D eigenvalue weighted by Crippen LogP contribution is 2.33. The largest absolute Gasteiger partial charge is 0.394 e. The predicted octanol–water partition coefficient (Wildman–Crippen LogP) is 15.2. The molecule has 12 N–H and O–H groups in total. The van der Waals surface area contributed by atoms with E-state index in [-0.39, 0.29) is 18.9 Å². The van der Waals surface area contributed by atoms with Crippen molar-refractivity contribution < 1.29 is 89.4 Å². The van der Waals surface area contributed by atoms with Crippen molar-refractivity contribution in [1.82, 2.24) is 5.32 Å². The summed E-state index contributed by atoms with van der Waals surface area (Å²) in [5.74, 6) is -0.279. The molecule has 0 saturated carbocycles. The number of hydrogen-bond donors (Lipinski definition) is 12. The van der Waals surface area contributed by atoms with Gasteiger partial charge in [0.15, 0.2) is 18.9 Å². The molecule has 3 heterocycles. The van der Waals surface area contributed by atoms with Gasteiger partial charge in [-0.15, -0.1) is 0 Å². The number of nitrogens with one attached hydrogen (secondary N) is 1. The molecule has 19 heteroatoms. The van der Waals surface area contributed by atoms with E-state index < -0.39 is 124 Å². The molecule has 19 nitrogen and oxygen atoms in total. The van der Waals surface area contributed by atoms with Crippen molar-refractivity contribution in [3.05, 3.63) is 48.6 Å². The molecule has 17 unspecified atom stereocenters. The SMILES string of the molecule is CCCCCCC/C=C\C/C=C\CCCCCCCCCCCCCCCCCCCCCCCCCCCCCC(=O)NC(COC1OC(CO)C(OC2OC(CO)C(OC3OC(CO)C(O)C(O)C3O)C(O)C2O)C(O)C1O)C(O)/C=C/CC/C=C/CCCCCCCCCCCCCCCC. The van der Waals surface area contributed by atoms with Crippen molar-refractivity contribution in [1.29, 1.82) is 0 Å². The van der Waals surface area contributed by atoms with Gasteiger partial charge in [-0.3, -0.25) is 4.79 Å². The second-order valence-electron chi connectivity index (χ2n) is 30.6. The molecule has 0 radical (unpaired) electrons. The number of unbranched alkanes of at least 4 members (excludes halogenated alkanes) is 47. The van der Waals surface area contributed by atoms with E-state index in [2.05, 4.69) is 55.6 Å². The first-order valence-corrected chi connectivity index (χ1v) is 42.9. The lowest BCUT2D eigenvalue weighted by Crippen LogP contribution is -2.66. The van der Waals surface area contributed by atoms with Crippen molar-refractivity contribution in [3.8, 4) is 0 Å². The summed E-state index contributed by atoms with van der Waals surface area (Å²) >= 11 is 0. The van der Waals surface area contributed by atoms with Gasteiger partial charge in [0.1, 0.15) is 73.2 Å². The molecular formula is C85H157NO18. The molecule has 17 atom stereocenters. The molecule has 0 bridgehead atoms. The lowest BCUT2D eigenvalue weighted by Gasteiger charge is -2.48. The van der Waals surface area contributed by atoms with Crippen LogP contribution in [0.1, 0.15) is 354 Å². The monoisotopic (exact) mass is 1480 g/mol. The summed E-state index contributed by atoms with van der Waals surface area (Å²) in [5, 5.41) is 121. The smallest absolute Gasteiger partial charge is 0.220 e. The van der Waals surface area contributed by atoms with Gasteiger partial charge in [0, 0.05) is 6.42 Å². The first-order chi connectivity index (χ1) is 50.8. The van der Waals surface area contributed by atoms with Crippen molar-refractivity contribution in [2.24, 2.45) is 0 Å². The van der Waals surface area contributed by atoms with Crippen LogP contribution in [-0.4, -0.2) is 193 Å². The quantitative estimate of drug-likeness (QED) is 0.0199. The Morgan fingerprint density at radius 1 is 0.346 bits per heavy atom. The molecule has 610 valence electrons. The number of aliphatic hydroxyl groups excluding tert-OH is 11. The van der Waals surface area contributed by atoms with Crippen LogP contribution in [0.25, 0.3) is 0 Å². The van der Waals surface area contributed by atoms with Gasteiger partial charge < -0.3 is 89.9 Å². The average Bonchev–Trinajstić information content (AvgIpc) is 0.783. The van der Waals surface area contributed by atoms with E-state index in [0.717, 1.165) is 44.9 Å². The zero-order chi connectivity index (χ0) is 75.3. The topological polar surface area (TPSA) is 307 Å². The lowest BCUT2D eigenvalue weighted by molar-refractivity contribution is -0.379. The summed E-state index contributed by atoms with van der Waals surface area (Å²) in [6.45, 7) is 1.75. The van der Waals surface area contributed by atoms with E-state index in [1.165, 1.54) is 276 Å². The number of ether oxygens (including phenoxy) is 6. The van der Waals surface area contributed by atoms with E-state index in [0.29, 0.717) is 12.8 Å². The van der Waals surface area contributed by atoms with Crippen molar-refractivity contribution in [2.75, 3.05) is 26.4 Å². The Hall–Kier alpha value is -2.25. The van der Waals surface area contributed by atoms with E-state index in [4.69, 9.17) is 28.4 Å². The van der Waals surface area contributed by atoms with Gasteiger partial charge in [-0.1, -0.05) is 332 Å². The van der Waals surface area contributed by atoms with Crippen LogP contribution in [0.4, 0.5) is 0 Å². The Bertz CT molecular complexity index is 2060. The Morgan fingerprint density at radius 3 is 1.02 bits per heavy atom. The highest BCUT2D eigenvalue weighted by Gasteiger charge is 2.54. The molecule has 0 aromatic heterocycles. The number of amides is 1. The van der Waals surface area contributed by atoms with Gasteiger partial charge in [0.25, 0.3) is 0 Å². The summed E-state index contributed by atoms with van der Waals surface area (Å²) in [6.07, 6.45) is 57.0. The zero-order valence-electron chi connectivity index (χ0n) is 65.5. The van der Waals surface area contributed by atoms with Gasteiger partial charge >= 0.3 is 0 Å². The number of hydrogen-bond acceptors (Lipinski definition) is 18. The summed E-state index contributed by atoms with van der Waals surface area (Å²) in [6, 6.07) is -0.990. The van der Waals surface area contributed by atoms with Gasteiger partial charge in [-0.05, 0) is 64.2 Å². The fourth-order valence-corrected chi connectivity index (χ4v) is 14.5. The van der Waals surface area contributed by atoms with Crippen LogP contribution < -0.4 is 5.32 Å². The second kappa shape index (κ2) is 65.5. The minimum Gasteiger partial charge on any atom is -0.394 e. The number of aliphatic hydroxyl groups is 11. The van der Waals surface area contributed by atoms with Crippen LogP contribution in [0.5, 0.6) is 0 Å². The Labute approximate surface area is 631 Å². The van der Waals surface area contributed by atoms with Crippen LogP contribution in [-0.2, 0) is 33.2 Å². The number of allylic oxidation sites excluding steroid dienone is 7. The molecular weight excluding hydrogens is 1320 g/mol. The maximum absolute atomic E-state index is 13.5. The minimum absolute atomic E-state index is 0.239. The predicted molar refractivity (Wildman–Crippen MR) is 416 cm³/mol. The third-order valence-corrected chi connectivity index (χ3v) is 21.3. The first-order valence-electron chi connectivity index (χ1n) is 42.9. The van der Waals surface area contributed by atoms with Crippen molar-refractivity contribution in [3.63, 3.8) is 0 Å². The summed E-state index contributed by atoms with van der Waals surface area (Å²) in [5.41, 5.74) is 0. The average molecular weight is 1480 g/mol.